The van der Waals surface area contributed by atoms with Crippen LogP contribution in [0.3, 0.4) is 0 Å². The molecule has 0 spiro atoms. The zero-order valence-corrected chi connectivity index (χ0v) is 13.8. The number of hydrogen-bond donors (Lipinski definition) is 1. The third-order valence-corrected chi connectivity index (χ3v) is 4.38. The highest BCUT2D eigenvalue weighted by Crippen LogP contribution is 2.30. The molecule has 0 aromatic heterocycles. The van der Waals surface area contributed by atoms with E-state index in [1.54, 1.807) is 0 Å². The zero-order chi connectivity index (χ0) is 14.3. The van der Waals surface area contributed by atoms with Crippen molar-refractivity contribution in [3.8, 4) is 0 Å². The largest absolute Gasteiger partial charge is 0.378 e. The molecule has 2 nitrogen and oxygen atoms in total. The van der Waals surface area contributed by atoms with Gasteiger partial charge >= 0.3 is 0 Å². The van der Waals surface area contributed by atoms with E-state index in [1.165, 1.54) is 38.5 Å². The first kappa shape index (κ1) is 17.0. The van der Waals surface area contributed by atoms with Crippen molar-refractivity contribution < 1.29 is 4.74 Å². The second kappa shape index (κ2) is 8.26. The maximum Gasteiger partial charge on any atom is 0.0577 e. The number of hydrogen-bond acceptors (Lipinski definition) is 2. The minimum atomic E-state index is 0.255. The molecular formula is C17H35NO. The molecule has 1 saturated carbocycles. The molecule has 3 unspecified atom stereocenters. The lowest BCUT2D eigenvalue weighted by molar-refractivity contribution is 0.00103. The Labute approximate surface area is 120 Å². The summed E-state index contributed by atoms with van der Waals surface area (Å²) in [6.45, 7) is 13.5. The number of nitrogens with one attached hydrogen (secondary N) is 1. The van der Waals surface area contributed by atoms with E-state index in [2.05, 4.69) is 39.9 Å². The zero-order valence-electron chi connectivity index (χ0n) is 13.8. The van der Waals surface area contributed by atoms with Crippen molar-refractivity contribution in [1.82, 2.24) is 5.32 Å². The summed E-state index contributed by atoms with van der Waals surface area (Å²) in [6.07, 6.45) is 8.19. The van der Waals surface area contributed by atoms with Crippen LogP contribution in [0, 0.1) is 11.8 Å². The molecule has 114 valence electrons. The van der Waals surface area contributed by atoms with Gasteiger partial charge in [0.25, 0.3) is 0 Å². The average molecular weight is 269 g/mol. The van der Waals surface area contributed by atoms with Crippen molar-refractivity contribution in [2.75, 3.05) is 13.2 Å². The van der Waals surface area contributed by atoms with E-state index in [9.17, 15) is 0 Å². The molecule has 19 heavy (non-hydrogen) atoms. The molecule has 1 aliphatic carbocycles. The van der Waals surface area contributed by atoms with E-state index in [0.717, 1.165) is 25.0 Å². The fraction of sp³-hybridized carbons (Fsp3) is 1.00. The van der Waals surface area contributed by atoms with E-state index in [1.807, 2.05) is 0 Å². The van der Waals surface area contributed by atoms with Gasteiger partial charge in [-0.25, -0.2) is 0 Å². The Morgan fingerprint density at radius 3 is 2.37 bits per heavy atom. The van der Waals surface area contributed by atoms with Crippen LogP contribution < -0.4 is 5.32 Å². The van der Waals surface area contributed by atoms with Crippen molar-refractivity contribution >= 4 is 0 Å². The van der Waals surface area contributed by atoms with Gasteiger partial charge in [0.2, 0.25) is 0 Å². The van der Waals surface area contributed by atoms with Crippen LogP contribution in [0.5, 0.6) is 0 Å². The highest BCUT2D eigenvalue weighted by Gasteiger charge is 2.24. The van der Waals surface area contributed by atoms with Crippen LogP contribution >= 0.6 is 0 Å². The SMILES string of the molecule is CC1CCC(OCCCCCNC(C)(C)C)CC1C. The molecular weight excluding hydrogens is 234 g/mol. The van der Waals surface area contributed by atoms with Crippen LogP contribution in [0.25, 0.3) is 0 Å². The van der Waals surface area contributed by atoms with E-state index in [0.29, 0.717) is 6.10 Å². The van der Waals surface area contributed by atoms with Crippen LogP contribution in [-0.4, -0.2) is 24.8 Å². The van der Waals surface area contributed by atoms with Gasteiger partial charge in [-0.2, -0.15) is 0 Å². The predicted molar refractivity (Wildman–Crippen MR) is 83.5 cm³/mol. The molecule has 0 saturated heterocycles. The minimum absolute atomic E-state index is 0.255. The van der Waals surface area contributed by atoms with Crippen molar-refractivity contribution in [3.63, 3.8) is 0 Å². The van der Waals surface area contributed by atoms with Gasteiger partial charge in [-0.15, -0.1) is 0 Å². The molecule has 1 rings (SSSR count). The summed E-state index contributed by atoms with van der Waals surface area (Å²) in [4.78, 5) is 0. The molecule has 1 N–H and O–H groups in total. The molecule has 0 heterocycles. The summed E-state index contributed by atoms with van der Waals surface area (Å²) in [5.41, 5.74) is 0.255. The van der Waals surface area contributed by atoms with E-state index in [4.69, 9.17) is 4.74 Å². The van der Waals surface area contributed by atoms with Crippen molar-refractivity contribution in [3.05, 3.63) is 0 Å². The number of rotatable bonds is 7. The Morgan fingerprint density at radius 1 is 1.00 bits per heavy atom. The molecule has 0 radical (unpaired) electrons. The molecule has 0 aromatic rings. The van der Waals surface area contributed by atoms with Crippen LogP contribution in [0.1, 0.15) is 73.1 Å². The molecule has 0 bridgehead atoms. The second-order valence-electron chi connectivity index (χ2n) is 7.50. The summed E-state index contributed by atoms with van der Waals surface area (Å²) in [5.74, 6) is 1.73. The molecule has 0 aliphatic heterocycles. The number of ether oxygens (including phenoxy) is 1. The van der Waals surface area contributed by atoms with Crippen LogP contribution in [0.4, 0.5) is 0 Å². The predicted octanol–water partition coefficient (Wildman–Crippen LogP) is 4.39. The van der Waals surface area contributed by atoms with Crippen molar-refractivity contribution in [2.45, 2.75) is 84.8 Å². The molecule has 0 amide bonds. The third kappa shape index (κ3) is 7.94. The van der Waals surface area contributed by atoms with Gasteiger partial charge in [0, 0.05) is 12.1 Å². The van der Waals surface area contributed by atoms with Crippen LogP contribution in [0.2, 0.25) is 0 Å². The Bertz CT molecular complexity index is 234. The molecule has 1 fully saturated rings. The normalized spacial score (nSPS) is 28.6. The van der Waals surface area contributed by atoms with Crippen LogP contribution in [-0.2, 0) is 4.74 Å². The Morgan fingerprint density at radius 2 is 1.74 bits per heavy atom. The lowest BCUT2D eigenvalue weighted by Gasteiger charge is -2.32. The van der Waals surface area contributed by atoms with Gasteiger partial charge in [-0.3, -0.25) is 0 Å². The lowest BCUT2D eigenvalue weighted by Crippen LogP contribution is -2.36. The van der Waals surface area contributed by atoms with E-state index >= 15 is 0 Å². The number of unbranched alkanes of at least 4 members (excludes halogenated alkanes) is 2. The minimum Gasteiger partial charge on any atom is -0.378 e. The molecule has 2 heteroatoms. The van der Waals surface area contributed by atoms with Gasteiger partial charge in [-0.05, 0) is 77.7 Å². The molecule has 0 aromatic carbocycles. The molecule has 3 atom stereocenters. The average Bonchev–Trinajstić information content (AvgIpc) is 2.31. The molecule has 1 aliphatic rings. The first-order chi connectivity index (χ1) is 8.88. The third-order valence-electron chi connectivity index (χ3n) is 4.38. The second-order valence-corrected chi connectivity index (χ2v) is 7.50. The summed E-state index contributed by atoms with van der Waals surface area (Å²) >= 11 is 0. The quantitative estimate of drug-likeness (QED) is 0.692. The van der Waals surface area contributed by atoms with Crippen molar-refractivity contribution in [1.29, 1.82) is 0 Å². The highest BCUT2D eigenvalue weighted by atomic mass is 16.5. The maximum atomic E-state index is 6.03. The summed E-state index contributed by atoms with van der Waals surface area (Å²) in [6, 6.07) is 0. The smallest absolute Gasteiger partial charge is 0.0577 e. The standard InChI is InChI=1S/C17H35NO/c1-14-9-10-16(13-15(14)2)19-12-8-6-7-11-18-17(3,4)5/h14-16,18H,6-13H2,1-5H3. The first-order valence-corrected chi connectivity index (χ1v) is 8.25. The van der Waals surface area contributed by atoms with Gasteiger partial charge in [0.1, 0.15) is 0 Å². The summed E-state index contributed by atoms with van der Waals surface area (Å²) < 4.78 is 6.03. The fourth-order valence-corrected chi connectivity index (χ4v) is 2.77. The Kier molecular flexibility index (Phi) is 7.38. The van der Waals surface area contributed by atoms with E-state index < -0.39 is 0 Å². The highest BCUT2D eigenvalue weighted by molar-refractivity contribution is 4.75. The monoisotopic (exact) mass is 269 g/mol. The van der Waals surface area contributed by atoms with Gasteiger partial charge in [0.15, 0.2) is 0 Å². The summed E-state index contributed by atoms with van der Waals surface area (Å²) in [7, 11) is 0. The Hall–Kier alpha value is -0.0800. The topological polar surface area (TPSA) is 21.3 Å². The summed E-state index contributed by atoms with van der Waals surface area (Å²) in [5, 5.41) is 3.53. The maximum absolute atomic E-state index is 6.03. The van der Waals surface area contributed by atoms with Crippen molar-refractivity contribution in [2.24, 2.45) is 11.8 Å². The first-order valence-electron chi connectivity index (χ1n) is 8.25. The van der Waals surface area contributed by atoms with E-state index in [-0.39, 0.29) is 5.54 Å². The van der Waals surface area contributed by atoms with Gasteiger partial charge in [-0.1, -0.05) is 13.8 Å². The lowest BCUT2D eigenvalue weighted by atomic mass is 9.80. The Balaban J connectivity index is 1.94. The fourth-order valence-electron chi connectivity index (χ4n) is 2.77. The van der Waals surface area contributed by atoms with Gasteiger partial charge in [0.05, 0.1) is 6.10 Å². The van der Waals surface area contributed by atoms with Gasteiger partial charge < -0.3 is 10.1 Å². The van der Waals surface area contributed by atoms with Crippen LogP contribution in [0.15, 0.2) is 0 Å².